The summed E-state index contributed by atoms with van der Waals surface area (Å²) in [4.78, 5) is 36.9. The lowest BCUT2D eigenvalue weighted by Crippen LogP contribution is -2.53. The van der Waals surface area contributed by atoms with Crippen molar-refractivity contribution >= 4 is 17.3 Å². The molecule has 4 aliphatic carbocycles. The van der Waals surface area contributed by atoms with E-state index in [1.54, 1.807) is 0 Å². The zero-order valence-corrected chi connectivity index (χ0v) is 15.3. The zero-order chi connectivity index (χ0) is 18.0. The molecule has 3 nitrogen and oxygen atoms in total. The van der Waals surface area contributed by atoms with Crippen LogP contribution in [0, 0.1) is 34.5 Å². The van der Waals surface area contributed by atoms with E-state index in [0.29, 0.717) is 30.6 Å². The molecular formula is C22H28O3. The van der Waals surface area contributed by atoms with E-state index >= 15 is 0 Å². The van der Waals surface area contributed by atoms with Crippen LogP contribution in [0.5, 0.6) is 0 Å². The van der Waals surface area contributed by atoms with Crippen molar-refractivity contribution in [3.63, 3.8) is 0 Å². The third-order valence-electron chi connectivity index (χ3n) is 8.17. The van der Waals surface area contributed by atoms with Crippen LogP contribution >= 0.6 is 0 Å². The lowest BCUT2D eigenvalue weighted by molar-refractivity contribution is -0.141. The summed E-state index contributed by atoms with van der Waals surface area (Å²) in [6.07, 6.45) is 9.50. The average Bonchev–Trinajstić information content (AvgIpc) is 2.80. The van der Waals surface area contributed by atoms with Gasteiger partial charge in [0.15, 0.2) is 11.6 Å². The Balaban J connectivity index is 1.79. The number of hydrogen-bond donors (Lipinski definition) is 0. The topological polar surface area (TPSA) is 51.2 Å². The second-order valence-corrected chi connectivity index (χ2v) is 9.24. The van der Waals surface area contributed by atoms with Crippen molar-refractivity contribution in [1.29, 1.82) is 0 Å². The van der Waals surface area contributed by atoms with Gasteiger partial charge in [0.05, 0.1) is 0 Å². The minimum Gasteiger partial charge on any atom is -0.295 e. The molecule has 0 aliphatic heterocycles. The quantitative estimate of drug-likeness (QED) is 0.562. The summed E-state index contributed by atoms with van der Waals surface area (Å²) in [5.74, 6) is 1.41. The van der Waals surface area contributed by atoms with E-state index in [9.17, 15) is 14.4 Å². The van der Waals surface area contributed by atoms with Gasteiger partial charge in [-0.3, -0.25) is 14.4 Å². The minimum atomic E-state index is -0.459. The minimum absolute atomic E-state index is 0.0618. The van der Waals surface area contributed by atoms with Crippen LogP contribution in [-0.4, -0.2) is 17.3 Å². The molecule has 4 aliphatic rings. The first kappa shape index (κ1) is 16.9. The fourth-order valence-electron chi connectivity index (χ4n) is 6.76. The lowest BCUT2D eigenvalue weighted by atomic mass is 9.45. The third kappa shape index (κ3) is 2.20. The Morgan fingerprint density at radius 1 is 1.12 bits per heavy atom. The maximum absolute atomic E-state index is 12.6. The van der Waals surface area contributed by atoms with Gasteiger partial charge in [0, 0.05) is 18.3 Å². The van der Waals surface area contributed by atoms with Crippen molar-refractivity contribution in [1.82, 2.24) is 0 Å². The molecule has 4 rings (SSSR count). The summed E-state index contributed by atoms with van der Waals surface area (Å²) in [6.45, 7) is 8.30. The van der Waals surface area contributed by atoms with E-state index in [1.807, 2.05) is 19.1 Å². The molecule has 25 heavy (non-hydrogen) atoms. The highest BCUT2D eigenvalue weighted by Gasteiger charge is 2.63. The molecule has 3 saturated carbocycles. The van der Waals surface area contributed by atoms with Crippen LogP contribution in [0.15, 0.2) is 24.3 Å². The molecule has 0 aromatic carbocycles. The van der Waals surface area contributed by atoms with E-state index in [1.165, 1.54) is 5.57 Å². The van der Waals surface area contributed by atoms with Gasteiger partial charge >= 0.3 is 0 Å². The highest BCUT2D eigenvalue weighted by molar-refractivity contribution is 6.41. The van der Waals surface area contributed by atoms with Crippen LogP contribution in [0.2, 0.25) is 0 Å². The smallest absolute Gasteiger partial charge is 0.204 e. The summed E-state index contributed by atoms with van der Waals surface area (Å²) in [5.41, 5.74) is 0.919. The van der Waals surface area contributed by atoms with E-state index in [2.05, 4.69) is 13.5 Å². The molecule has 0 bridgehead atoms. The molecule has 0 aromatic rings. The van der Waals surface area contributed by atoms with Crippen molar-refractivity contribution in [3.05, 3.63) is 24.3 Å². The largest absolute Gasteiger partial charge is 0.295 e. The van der Waals surface area contributed by atoms with Crippen LogP contribution in [0.4, 0.5) is 0 Å². The molecule has 0 N–H and O–H groups in total. The third-order valence-corrected chi connectivity index (χ3v) is 8.17. The molecule has 0 spiro atoms. The SMILES string of the molecule is C=CCC1CC2=CC(=O)CC[C@]2(C)[C@@H]2CC[C@]3(C)C(=O)C(=O)C[C@H]3[C@H]12. The second kappa shape index (κ2) is 5.49. The molecule has 0 aromatic heterocycles. The number of carbonyl (C=O) groups excluding carboxylic acids is 3. The molecule has 0 heterocycles. The molecule has 3 heteroatoms. The van der Waals surface area contributed by atoms with Crippen molar-refractivity contribution < 1.29 is 14.4 Å². The van der Waals surface area contributed by atoms with E-state index in [0.717, 1.165) is 32.1 Å². The Bertz CT molecular complexity index is 702. The van der Waals surface area contributed by atoms with Gasteiger partial charge in [0.1, 0.15) is 0 Å². The normalized spacial score (nSPS) is 46.2. The highest BCUT2D eigenvalue weighted by Crippen LogP contribution is 2.65. The zero-order valence-electron chi connectivity index (χ0n) is 15.3. The second-order valence-electron chi connectivity index (χ2n) is 9.24. The Morgan fingerprint density at radius 3 is 2.60 bits per heavy atom. The predicted molar refractivity (Wildman–Crippen MR) is 95.8 cm³/mol. The molecule has 0 amide bonds. The van der Waals surface area contributed by atoms with E-state index in [4.69, 9.17) is 0 Å². The van der Waals surface area contributed by atoms with Gasteiger partial charge in [0.2, 0.25) is 5.78 Å². The van der Waals surface area contributed by atoms with Crippen LogP contribution in [0.3, 0.4) is 0 Å². The molecule has 0 saturated heterocycles. The Hall–Kier alpha value is -1.51. The highest BCUT2D eigenvalue weighted by atomic mass is 16.2. The average molecular weight is 340 g/mol. The predicted octanol–water partition coefficient (Wildman–Crippen LogP) is 4.07. The van der Waals surface area contributed by atoms with Gasteiger partial charge in [-0.2, -0.15) is 0 Å². The van der Waals surface area contributed by atoms with Crippen molar-refractivity contribution in [2.24, 2.45) is 34.5 Å². The number of carbonyl (C=O) groups is 3. The summed E-state index contributed by atoms with van der Waals surface area (Å²) in [7, 11) is 0. The number of fused-ring (bicyclic) bond motifs is 5. The maximum Gasteiger partial charge on any atom is 0.204 e. The molecule has 134 valence electrons. The summed E-state index contributed by atoms with van der Waals surface area (Å²) in [5, 5.41) is 0. The first-order valence-corrected chi connectivity index (χ1v) is 9.73. The maximum atomic E-state index is 12.6. The van der Waals surface area contributed by atoms with Gasteiger partial charge in [-0.15, -0.1) is 6.58 Å². The van der Waals surface area contributed by atoms with Crippen molar-refractivity contribution in [2.45, 2.75) is 58.8 Å². The van der Waals surface area contributed by atoms with Crippen LogP contribution in [0.25, 0.3) is 0 Å². The van der Waals surface area contributed by atoms with Crippen LogP contribution < -0.4 is 0 Å². The van der Waals surface area contributed by atoms with E-state index < -0.39 is 5.41 Å². The fourth-order valence-corrected chi connectivity index (χ4v) is 6.76. The number of hydrogen-bond acceptors (Lipinski definition) is 3. The number of Topliss-reactive ketones (excluding diaryl/α,β-unsaturated/α-hetero) is 2. The van der Waals surface area contributed by atoms with Crippen molar-refractivity contribution in [3.8, 4) is 0 Å². The summed E-state index contributed by atoms with van der Waals surface area (Å²) in [6, 6.07) is 0. The molecule has 0 radical (unpaired) electrons. The fraction of sp³-hybridized carbons (Fsp3) is 0.682. The number of rotatable bonds is 2. The molecule has 1 unspecified atom stereocenters. The first-order chi connectivity index (χ1) is 11.8. The van der Waals surface area contributed by atoms with E-state index in [-0.39, 0.29) is 28.7 Å². The van der Waals surface area contributed by atoms with Crippen LogP contribution in [0.1, 0.15) is 58.8 Å². The number of allylic oxidation sites excluding steroid dienone is 2. The lowest BCUT2D eigenvalue weighted by Gasteiger charge is -2.59. The Kier molecular flexibility index (Phi) is 3.72. The molecule has 6 atom stereocenters. The monoisotopic (exact) mass is 340 g/mol. The summed E-state index contributed by atoms with van der Waals surface area (Å²) < 4.78 is 0. The van der Waals surface area contributed by atoms with Crippen LogP contribution in [-0.2, 0) is 14.4 Å². The van der Waals surface area contributed by atoms with Gasteiger partial charge in [-0.1, -0.05) is 25.5 Å². The summed E-state index contributed by atoms with van der Waals surface area (Å²) >= 11 is 0. The standard InChI is InChI=1S/C22H28O3/c1-4-5-13-10-14-11-15(23)6-8-21(14,2)16-7-9-22(3)17(19(13)16)12-18(24)20(22)25/h4,11,13,16-17,19H,1,5-10,12H2,2-3H3/t13?,16-,17+,19-,21+,22+/m1/s1. The van der Waals surface area contributed by atoms with Gasteiger partial charge in [-0.05, 0) is 67.3 Å². The molecule has 3 fully saturated rings. The Labute approximate surface area is 149 Å². The molecular weight excluding hydrogens is 312 g/mol. The van der Waals surface area contributed by atoms with Gasteiger partial charge < -0.3 is 0 Å². The Morgan fingerprint density at radius 2 is 1.88 bits per heavy atom. The first-order valence-electron chi connectivity index (χ1n) is 9.73. The number of ketones is 3. The van der Waals surface area contributed by atoms with Gasteiger partial charge in [0.25, 0.3) is 0 Å². The van der Waals surface area contributed by atoms with Gasteiger partial charge in [-0.25, -0.2) is 0 Å². The van der Waals surface area contributed by atoms with Crippen molar-refractivity contribution in [2.75, 3.05) is 0 Å².